The van der Waals surface area contributed by atoms with Gasteiger partial charge in [-0.2, -0.15) is 8.42 Å². The summed E-state index contributed by atoms with van der Waals surface area (Å²) in [5.74, 6) is 0. The van der Waals surface area contributed by atoms with Crippen molar-refractivity contribution in [3.05, 3.63) is 27.5 Å². The van der Waals surface area contributed by atoms with Crippen LogP contribution in [0.4, 0.5) is 4.39 Å². The molecule has 100 valence electrons. The molecule has 0 bridgehead atoms. The number of allylic oxidation sites excluding steroid dienone is 2. The van der Waals surface area contributed by atoms with Crippen LogP contribution in [0.3, 0.4) is 0 Å². The zero-order valence-corrected chi connectivity index (χ0v) is 11.7. The summed E-state index contributed by atoms with van der Waals surface area (Å²) in [7, 11) is -3.50. The van der Waals surface area contributed by atoms with E-state index in [1.807, 2.05) is 5.38 Å². The fraction of sp³-hybridized carbons (Fsp3) is 0.500. The topological polar surface area (TPSA) is 43.4 Å². The first-order valence-electron chi connectivity index (χ1n) is 5.70. The van der Waals surface area contributed by atoms with Gasteiger partial charge in [0.15, 0.2) is 0 Å². The molecule has 3 nitrogen and oxygen atoms in total. The molecule has 0 atom stereocenters. The maximum absolute atomic E-state index is 12.9. The van der Waals surface area contributed by atoms with E-state index >= 15 is 0 Å². The standard InChI is InChI=1S/C12H15FO3S2/c1-18(14,15)16-7-10-11(8-17-12(10)6-13)9-4-2-3-5-9/h4,8H,2-3,5-7H2,1H3. The third-order valence-corrected chi connectivity index (χ3v) is 4.45. The number of hydrogen-bond acceptors (Lipinski definition) is 4. The maximum atomic E-state index is 12.9. The molecule has 0 N–H and O–H groups in total. The first kappa shape index (κ1) is 13.7. The zero-order chi connectivity index (χ0) is 13.2. The molecule has 1 aromatic heterocycles. The van der Waals surface area contributed by atoms with Gasteiger partial charge < -0.3 is 0 Å². The van der Waals surface area contributed by atoms with Crippen molar-refractivity contribution in [3.8, 4) is 0 Å². The number of hydrogen-bond donors (Lipinski definition) is 0. The van der Waals surface area contributed by atoms with Crippen LogP contribution in [0.5, 0.6) is 0 Å². The number of alkyl halides is 1. The molecule has 0 fully saturated rings. The average Bonchev–Trinajstić information content (AvgIpc) is 2.93. The van der Waals surface area contributed by atoms with Crippen molar-refractivity contribution in [3.63, 3.8) is 0 Å². The van der Waals surface area contributed by atoms with Gasteiger partial charge in [0.05, 0.1) is 12.9 Å². The van der Waals surface area contributed by atoms with Gasteiger partial charge in [-0.25, -0.2) is 4.39 Å². The van der Waals surface area contributed by atoms with Gasteiger partial charge >= 0.3 is 0 Å². The first-order chi connectivity index (χ1) is 8.51. The molecule has 18 heavy (non-hydrogen) atoms. The summed E-state index contributed by atoms with van der Waals surface area (Å²) < 4.78 is 39.8. The third-order valence-electron chi connectivity index (χ3n) is 2.91. The van der Waals surface area contributed by atoms with Crippen molar-refractivity contribution in [1.29, 1.82) is 0 Å². The highest BCUT2D eigenvalue weighted by Gasteiger charge is 2.18. The Labute approximate surface area is 110 Å². The van der Waals surface area contributed by atoms with Crippen molar-refractivity contribution in [1.82, 2.24) is 0 Å². The molecule has 0 saturated heterocycles. The largest absolute Gasteiger partial charge is 0.265 e. The Balaban J connectivity index is 2.27. The minimum absolute atomic E-state index is 0.0751. The highest BCUT2D eigenvalue weighted by atomic mass is 32.2. The van der Waals surface area contributed by atoms with E-state index < -0.39 is 16.8 Å². The lowest BCUT2D eigenvalue weighted by atomic mass is 10.0. The molecule has 0 spiro atoms. The van der Waals surface area contributed by atoms with Gasteiger partial charge in [-0.1, -0.05) is 6.08 Å². The minimum atomic E-state index is -3.50. The number of rotatable bonds is 5. The van der Waals surface area contributed by atoms with E-state index in [9.17, 15) is 12.8 Å². The van der Waals surface area contributed by atoms with Gasteiger partial charge in [0.25, 0.3) is 10.1 Å². The molecule has 1 heterocycles. The summed E-state index contributed by atoms with van der Waals surface area (Å²) in [4.78, 5) is 0.557. The molecule has 1 aromatic rings. The van der Waals surface area contributed by atoms with Crippen molar-refractivity contribution in [2.75, 3.05) is 6.26 Å². The monoisotopic (exact) mass is 290 g/mol. The summed E-state index contributed by atoms with van der Waals surface area (Å²) in [5, 5.41) is 1.90. The lowest BCUT2D eigenvalue weighted by Crippen LogP contribution is -2.04. The van der Waals surface area contributed by atoms with Crippen molar-refractivity contribution >= 4 is 27.0 Å². The second-order valence-corrected chi connectivity index (χ2v) is 6.88. The molecule has 0 aromatic carbocycles. The van der Waals surface area contributed by atoms with Crippen LogP contribution in [-0.4, -0.2) is 14.7 Å². The van der Waals surface area contributed by atoms with Crippen LogP contribution in [0.2, 0.25) is 0 Å². The second-order valence-electron chi connectivity index (χ2n) is 4.27. The summed E-state index contributed by atoms with van der Waals surface area (Å²) in [6, 6.07) is 0. The van der Waals surface area contributed by atoms with Crippen LogP contribution in [0.15, 0.2) is 11.5 Å². The van der Waals surface area contributed by atoms with Crippen LogP contribution in [0.1, 0.15) is 35.3 Å². The SMILES string of the molecule is CS(=O)(=O)OCc1c(C2=CCCC2)csc1CF. The van der Waals surface area contributed by atoms with Gasteiger partial charge in [-0.15, -0.1) is 11.3 Å². The molecular formula is C12H15FO3S2. The number of thiophene rings is 1. The van der Waals surface area contributed by atoms with Gasteiger partial charge in [-0.05, 0) is 35.8 Å². The fourth-order valence-electron chi connectivity index (χ4n) is 2.04. The molecule has 0 saturated carbocycles. The van der Waals surface area contributed by atoms with Crippen LogP contribution >= 0.6 is 11.3 Å². The smallest absolute Gasteiger partial charge is 0.264 e. The molecule has 1 aliphatic carbocycles. The van der Waals surface area contributed by atoms with Gasteiger partial charge in [0.2, 0.25) is 0 Å². The highest BCUT2D eigenvalue weighted by Crippen LogP contribution is 2.35. The predicted molar refractivity (Wildman–Crippen MR) is 70.6 cm³/mol. The Morgan fingerprint density at radius 2 is 2.28 bits per heavy atom. The Hall–Kier alpha value is -0.720. The minimum Gasteiger partial charge on any atom is -0.265 e. The van der Waals surface area contributed by atoms with Gasteiger partial charge in [0, 0.05) is 10.4 Å². The fourth-order valence-corrected chi connectivity index (χ4v) is 3.30. The van der Waals surface area contributed by atoms with E-state index in [0.717, 1.165) is 31.1 Å². The third kappa shape index (κ3) is 3.18. The van der Waals surface area contributed by atoms with E-state index in [1.54, 1.807) is 0 Å². The van der Waals surface area contributed by atoms with Crippen LogP contribution in [0, 0.1) is 0 Å². The predicted octanol–water partition coefficient (Wildman–Crippen LogP) is 3.26. The van der Waals surface area contributed by atoms with E-state index in [1.165, 1.54) is 16.9 Å². The average molecular weight is 290 g/mol. The van der Waals surface area contributed by atoms with Crippen LogP contribution in [-0.2, 0) is 27.6 Å². The Kier molecular flexibility index (Phi) is 4.19. The van der Waals surface area contributed by atoms with Gasteiger partial charge in [0.1, 0.15) is 6.67 Å². The van der Waals surface area contributed by atoms with Crippen LogP contribution < -0.4 is 0 Å². The molecule has 0 unspecified atom stereocenters. The molecule has 2 rings (SSSR count). The lowest BCUT2D eigenvalue weighted by molar-refractivity contribution is 0.309. The summed E-state index contributed by atoms with van der Waals surface area (Å²) in [5.41, 5.74) is 2.81. The summed E-state index contributed by atoms with van der Waals surface area (Å²) in [6.45, 7) is -0.658. The van der Waals surface area contributed by atoms with E-state index in [-0.39, 0.29) is 6.61 Å². The molecule has 6 heteroatoms. The summed E-state index contributed by atoms with van der Waals surface area (Å²) >= 11 is 1.32. The maximum Gasteiger partial charge on any atom is 0.264 e. The second kappa shape index (κ2) is 5.50. The molecular weight excluding hydrogens is 275 g/mol. The van der Waals surface area contributed by atoms with Crippen molar-refractivity contribution in [2.24, 2.45) is 0 Å². The first-order valence-corrected chi connectivity index (χ1v) is 8.40. The summed E-state index contributed by atoms with van der Waals surface area (Å²) in [6.07, 6.45) is 6.23. The normalized spacial score (nSPS) is 16.0. The molecule has 0 aliphatic heterocycles. The Morgan fingerprint density at radius 3 is 2.83 bits per heavy atom. The van der Waals surface area contributed by atoms with E-state index in [4.69, 9.17) is 4.18 Å². The van der Waals surface area contributed by atoms with Crippen LogP contribution in [0.25, 0.3) is 5.57 Å². The number of halogens is 1. The van der Waals surface area contributed by atoms with Crippen molar-refractivity contribution in [2.45, 2.75) is 32.5 Å². The molecule has 0 radical (unpaired) electrons. The Bertz CT molecular complexity index is 558. The van der Waals surface area contributed by atoms with Gasteiger partial charge in [-0.3, -0.25) is 4.18 Å². The Morgan fingerprint density at radius 1 is 1.50 bits per heavy atom. The van der Waals surface area contributed by atoms with Crippen molar-refractivity contribution < 1.29 is 17.0 Å². The zero-order valence-electron chi connectivity index (χ0n) is 10.1. The van der Waals surface area contributed by atoms with E-state index in [2.05, 4.69) is 6.08 Å². The molecule has 0 amide bonds. The lowest BCUT2D eigenvalue weighted by Gasteiger charge is -2.07. The van der Waals surface area contributed by atoms with E-state index in [0.29, 0.717) is 10.4 Å². The molecule has 1 aliphatic rings. The highest BCUT2D eigenvalue weighted by molar-refractivity contribution is 7.85. The quantitative estimate of drug-likeness (QED) is 0.782.